The number of halogens is 2. The number of carbonyl (C=O) groups is 6. The van der Waals surface area contributed by atoms with Crippen LogP contribution in [-0.4, -0.2) is 105 Å². The summed E-state index contributed by atoms with van der Waals surface area (Å²) in [5, 5.41) is 20.2. The number of carbonyl (C=O) groups excluding carboxylic acids is 4. The largest absolute Gasteiger partial charge is 0.491 e. The number of amides is 4. The molecular weight excluding hydrogens is 1010 g/mol. The minimum atomic E-state index is -0.675. The quantitative estimate of drug-likeness (QED) is 0.0714. The van der Waals surface area contributed by atoms with Gasteiger partial charge in [-0.1, -0.05) is 71.7 Å². The first-order valence-corrected chi connectivity index (χ1v) is 27.7. The van der Waals surface area contributed by atoms with Crippen LogP contribution in [0.15, 0.2) is 84.9 Å². The van der Waals surface area contributed by atoms with Crippen molar-refractivity contribution in [1.82, 2.24) is 19.6 Å². The highest BCUT2D eigenvalue weighted by Gasteiger charge is 2.32. The maximum absolute atomic E-state index is 11.8. The molecule has 2 aliphatic carbocycles. The van der Waals surface area contributed by atoms with Crippen molar-refractivity contribution in [3.63, 3.8) is 0 Å². The third-order valence-electron chi connectivity index (χ3n) is 15.9. The van der Waals surface area contributed by atoms with E-state index in [1.807, 2.05) is 50.2 Å². The molecule has 408 valence electrons. The van der Waals surface area contributed by atoms with Crippen molar-refractivity contribution in [2.45, 2.75) is 130 Å². The normalized spacial score (nSPS) is 20.7. The van der Waals surface area contributed by atoms with E-state index in [1.165, 1.54) is 32.1 Å². The van der Waals surface area contributed by atoms with Crippen molar-refractivity contribution < 1.29 is 48.5 Å². The fourth-order valence-electron chi connectivity index (χ4n) is 11.1. The lowest BCUT2D eigenvalue weighted by Gasteiger charge is -2.35. The average molecular weight is 1080 g/mol. The Labute approximate surface area is 457 Å². The zero-order chi connectivity index (χ0) is 54.5. The van der Waals surface area contributed by atoms with Gasteiger partial charge in [-0.05, 0) is 161 Å². The monoisotopic (exact) mass is 1080 g/mol. The minimum absolute atomic E-state index is 0.128. The van der Waals surface area contributed by atoms with Gasteiger partial charge < -0.3 is 19.7 Å². The third kappa shape index (κ3) is 16.1. The molecule has 2 atom stereocenters. The second kappa shape index (κ2) is 27.5. The van der Waals surface area contributed by atoms with Crippen molar-refractivity contribution in [2.75, 3.05) is 39.4 Å². The number of aliphatic carboxylic acids is 2. The number of carboxylic acid groups (broad SMARTS) is 2. The van der Waals surface area contributed by atoms with Crippen LogP contribution in [0.5, 0.6) is 11.5 Å². The number of benzene rings is 4. The molecule has 14 nitrogen and oxygen atoms in total. The molecule has 4 fully saturated rings. The van der Waals surface area contributed by atoms with Gasteiger partial charge in [-0.3, -0.25) is 48.4 Å². The number of ether oxygens (including phenoxy) is 2. The summed E-state index contributed by atoms with van der Waals surface area (Å²) in [6, 6.07) is 28.6. The second-order valence-electron chi connectivity index (χ2n) is 21.2. The summed E-state index contributed by atoms with van der Waals surface area (Å²) < 4.78 is 11.8. The number of nitrogens with zero attached hydrogens (tertiary/aromatic N) is 4. The van der Waals surface area contributed by atoms with Crippen LogP contribution in [0, 0.1) is 37.5 Å². The molecule has 0 spiro atoms. The summed E-state index contributed by atoms with van der Waals surface area (Å²) in [6.07, 6.45) is 7.82. The number of rotatable bonds is 22. The van der Waals surface area contributed by atoms with E-state index in [-0.39, 0.29) is 73.9 Å². The van der Waals surface area contributed by atoms with Gasteiger partial charge in [0, 0.05) is 74.0 Å². The molecule has 8 rings (SSSR count). The number of aryl methyl sites for hydroxylation is 2. The van der Waals surface area contributed by atoms with Crippen LogP contribution in [0.2, 0.25) is 10.0 Å². The predicted octanol–water partition coefficient (Wildman–Crippen LogP) is 11.3. The van der Waals surface area contributed by atoms with E-state index < -0.39 is 11.9 Å². The predicted molar refractivity (Wildman–Crippen MR) is 292 cm³/mol. The lowest BCUT2D eigenvalue weighted by molar-refractivity contribution is -0.144. The van der Waals surface area contributed by atoms with Gasteiger partial charge in [0.1, 0.15) is 24.7 Å². The minimum Gasteiger partial charge on any atom is -0.491 e. The number of carboxylic acids is 2. The summed E-state index contributed by atoms with van der Waals surface area (Å²) in [4.78, 5) is 77.6. The lowest BCUT2D eigenvalue weighted by Crippen LogP contribution is -2.34. The van der Waals surface area contributed by atoms with Crippen LogP contribution in [0.1, 0.15) is 136 Å². The van der Waals surface area contributed by atoms with E-state index in [0.717, 1.165) is 100 Å². The number of likely N-dealkylation sites (tertiary alicyclic amines) is 2. The van der Waals surface area contributed by atoms with Gasteiger partial charge in [0.15, 0.2) is 0 Å². The van der Waals surface area contributed by atoms with E-state index in [4.69, 9.17) is 32.7 Å². The van der Waals surface area contributed by atoms with Gasteiger partial charge >= 0.3 is 11.9 Å². The van der Waals surface area contributed by atoms with E-state index in [2.05, 4.69) is 72.2 Å². The van der Waals surface area contributed by atoms with Crippen molar-refractivity contribution in [1.29, 1.82) is 0 Å². The molecule has 4 aliphatic rings. The Kier molecular flexibility index (Phi) is 20.9. The first-order chi connectivity index (χ1) is 36.4. The highest BCUT2D eigenvalue weighted by Crippen LogP contribution is 2.35. The fraction of sp³-hybridized carbons (Fsp3) is 0.500. The molecule has 0 radical (unpaired) electrons. The van der Waals surface area contributed by atoms with Crippen LogP contribution in [0.3, 0.4) is 0 Å². The van der Waals surface area contributed by atoms with Gasteiger partial charge in [-0.25, -0.2) is 0 Å². The topological polar surface area (TPSA) is 174 Å². The SMILES string of the molecule is Cc1cc(CN(C[C@H]2CC[C@@H](C(=O)O)CC2)[C@@H](C)c2ccc(Cl)cc2)ccc1OCCN1C(=O)CCC1=O.Cc1cc(CN(C[C@H]2CC[C@H](C(=O)O)CC2)[C@@H](C)c2ccc(Cl)cc2)ccc1OCCN1C(=O)CCC1=O. The van der Waals surface area contributed by atoms with Crippen molar-refractivity contribution in [3.8, 4) is 11.5 Å². The van der Waals surface area contributed by atoms with Crippen molar-refractivity contribution in [3.05, 3.63) is 128 Å². The van der Waals surface area contributed by atoms with Gasteiger partial charge in [-0.15, -0.1) is 0 Å². The van der Waals surface area contributed by atoms with E-state index in [1.54, 1.807) is 0 Å². The highest BCUT2D eigenvalue weighted by atomic mass is 35.5. The van der Waals surface area contributed by atoms with Crippen LogP contribution < -0.4 is 9.47 Å². The smallest absolute Gasteiger partial charge is 0.306 e. The molecule has 2 heterocycles. The van der Waals surface area contributed by atoms with E-state index in [9.17, 15) is 39.0 Å². The molecule has 2 saturated carbocycles. The van der Waals surface area contributed by atoms with Gasteiger partial charge in [0.05, 0.1) is 24.9 Å². The standard InChI is InChI=1S/2C30H37ClN2O5/c2*1-20-17-23(5-12-27(20)38-16-15-33-28(34)13-14-29(33)35)19-32(21(2)24-8-10-26(31)11-9-24)18-22-3-6-25(7-4-22)30(36)37/h2*5,8-12,17,21-22,25H,3-4,6-7,13-16,18-19H2,1-2H3,(H,36,37)/t21-,22-,25+;21-,22-,25-/m00/s1. The first-order valence-electron chi connectivity index (χ1n) is 27.0. The Morgan fingerprint density at radius 3 is 1.17 bits per heavy atom. The Morgan fingerprint density at radius 1 is 0.539 bits per heavy atom. The summed E-state index contributed by atoms with van der Waals surface area (Å²) in [7, 11) is 0. The number of imide groups is 2. The molecule has 0 aromatic heterocycles. The molecule has 2 aliphatic heterocycles. The summed E-state index contributed by atoms with van der Waals surface area (Å²) >= 11 is 12.3. The summed E-state index contributed by atoms with van der Waals surface area (Å²) in [5.74, 6) is 0.116. The molecular formula is C60H74Cl2N4O10. The van der Waals surface area contributed by atoms with E-state index >= 15 is 0 Å². The van der Waals surface area contributed by atoms with Gasteiger partial charge in [0.2, 0.25) is 23.6 Å². The molecule has 2 saturated heterocycles. The maximum Gasteiger partial charge on any atom is 0.306 e. The first kappa shape index (κ1) is 57.9. The molecule has 0 bridgehead atoms. The molecule has 4 amide bonds. The molecule has 2 N–H and O–H groups in total. The number of hydrogen-bond donors (Lipinski definition) is 2. The second-order valence-corrected chi connectivity index (χ2v) is 22.1. The zero-order valence-corrected chi connectivity index (χ0v) is 45.9. The third-order valence-corrected chi connectivity index (χ3v) is 16.4. The van der Waals surface area contributed by atoms with E-state index in [0.29, 0.717) is 47.6 Å². The molecule has 4 aromatic carbocycles. The Balaban J connectivity index is 0.000000221. The fourth-order valence-corrected chi connectivity index (χ4v) is 11.4. The van der Waals surface area contributed by atoms with Crippen LogP contribution >= 0.6 is 23.2 Å². The summed E-state index contributed by atoms with van der Waals surface area (Å²) in [5.41, 5.74) is 6.72. The van der Waals surface area contributed by atoms with Crippen LogP contribution in [-0.2, 0) is 41.9 Å². The lowest BCUT2D eigenvalue weighted by atomic mass is 9.81. The van der Waals surface area contributed by atoms with Crippen molar-refractivity contribution >= 4 is 58.8 Å². The van der Waals surface area contributed by atoms with Crippen LogP contribution in [0.4, 0.5) is 0 Å². The number of hydrogen-bond acceptors (Lipinski definition) is 10. The highest BCUT2D eigenvalue weighted by molar-refractivity contribution is 6.30. The molecule has 4 aromatic rings. The molecule has 16 heteroatoms. The maximum atomic E-state index is 11.8. The Morgan fingerprint density at radius 2 is 0.868 bits per heavy atom. The van der Waals surface area contributed by atoms with Crippen LogP contribution in [0.25, 0.3) is 0 Å². The molecule has 76 heavy (non-hydrogen) atoms. The Bertz CT molecular complexity index is 2440. The molecule has 0 unspecified atom stereocenters. The zero-order valence-electron chi connectivity index (χ0n) is 44.4. The van der Waals surface area contributed by atoms with Gasteiger partial charge in [-0.2, -0.15) is 0 Å². The summed E-state index contributed by atoms with van der Waals surface area (Å²) in [6.45, 7) is 12.8. The van der Waals surface area contributed by atoms with Crippen molar-refractivity contribution in [2.24, 2.45) is 23.7 Å². The average Bonchev–Trinajstić information content (AvgIpc) is 3.90. The van der Waals surface area contributed by atoms with Gasteiger partial charge in [0.25, 0.3) is 0 Å². The Hall–Kier alpha value is -5.80.